The van der Waals surface area contributed by atoms with E-state index in [0.29, 0.717) is 31.5 Å². The number of rotatable bonds is 16. The summed E-state index contributed by atoms with van der Waals surface area (Å²) in [5, 5.41) is 8.63. The Hall–Kier alpha value is -5.19. The molecule has 1 aliphatic carbocycles. The SMILES string of the molecule is NCCCC[C@H](NC(=O)[C@H](COCc1ccccc1)NC(=O)OCC1c2ccccc2-c2ccccc21)C(=O)Nc1cccc(N2CCCCC2)c1. The fourth-order valence-corrected chi connectivity index (χ4v) is 7.03. The van der Waals surface area contributed by atoms with Gasteiger partial charge in [0.2, 0.25) is 11.8 Å². The lowest BCUT2D eigenvalue weighted by Gasteiger charge is -2.29. The summed E-state index contributed by atoms with van der Waals surface area (Å²) in [4.78, 5) is 43.3. The number of ether oxygens (including phenoxy) is 2. The molecule has 0 bridgehead atoms. The molecule has 1 heterocycles. The third kappa shape index (κ3) is 9.57. The highest BCUT2D eigenvalue weighted by atomic mass is 16.5. The molecule has 0 aromatic heterocycles. The van der Waals surface area contributed by atoms with Crippen LogP contribution in [0.15, 0.2) is 103 Å². The molecule has 52 heavy (non-hydrogen) atoms. The molecule has 1 saturated heterocycles. The van der Waals surface area contributed by atoms with E-state index < -0.39 is 24.1 Å². The van der Waals surface area contributed by atoms with E-state index in [9.17, 15) is 14.4 Å². The Morgan fingerprint density at radius 2 is 1.44 bits per heavy atom. The van der Waals surface area contributed by atoms with Crippen molar-refractivity contribution in [1.82, 2.24) is 10.6 Å². The van der Waals surface area contributed by atoms with Crippen molar-refractivity contribution in [3.63, 3.8) is 0 Å². The molecule has 0 radical (unpaired) electrons. The van der Waals surface area contributed by atoms with Crippen molar-refractivity contribution in [1.29, 1.82) is 0 Å². The van der Waals surface area contributed by atoms with Crippen molar-refractivity contribution in [3.8, 4) is 11.1 Å². The minimum atomic E-state index is -1.12. The highest BCUT2D eigenvalue weighted by Gasteiger charge is 2.31. The Morgan fingerprint density at radius 3 is 2.15 bits per heavy atom. The maximum absolute atomic E-state index is 13.9. The first-order chi connectivity index (χ1) is 25.5. The summed E-state index contributed by atoms with van der Waals surface area (Å²) >= 11 is 0. The van der Waals surface area contributed by atoms with E-state index in [2.05, 4.69) is 51.2 Å². The molecule has 2 aliphatic rings. The molecule has 4 aromatic carbocycles. The molecule has 272 valence electrons. The maximum Gasteiger partial charge on any atom is 0.407 e. The first kappa shape index (κ1) is 36.6. The van der Waals surface area contributed by atoms with E-state index in [4.69, 9.17) is 15.2 Å². The van der Waals surface area contributed by atoms with Gasteiger partial charge >= 0.3 is 6.09 Å². The topological polar surface area (TPSA) is 135 Å². The van der Waals surface area contributed by atoms with Gasteiger partial charge in [0, 0.05) is 30.4 Å². The molecule has 0 unspecified atom stereocenters. The van der Waals surface area contributed by atoms with Crippen molar-refractivity contribution >= 4 is 29.3 Å². The number of carbonyl (C=O) groups excluding carboxylic acids is 3. The van der Waals surface area contributed by atoms with E-state index in [0.717, 1.165) is 59.4 Å². The van der Waals surface area contributed by atoms with Crippen molar-refractivity contribution < 1.29 is 23.9 Å². The lowest BCUT2D eigenvalue weighted by molar-refractivity contribution is -0.129. The second-order valence-electron chi connectivity index (χ2n) is 13.5. The number of fused-ring (bicyclic) bond motifs is 3. The van der Waals surface area contributed by atoms with E-state index >= 15 is 0 Å². The van der Waals surface area contributed by atoms with Crippen molar-refractivity contribution in [3.05, 3.63) is 120 Å². The lowest BCUT2D eigenvalue weighted by atomic mass is 9.98. The molecule has 5 N–H and O–H groups in total. The smallest absolute Gasteiger partial charge is 0.407 e. The first-order valence-electron chi connectivity index (χ1n) is 18.4. The van der Waals surface area contributed by atoms with Gasteiger partial charge in [0.25, 0.3) is 0 Å². The normalized spacial score (nSPS) is 14.8. The molecule has 1 fully saturated rings. The monoisotopic (exact) mass is 703 g/mol. The zero-order chi connectivity index (χ0) is 36.1. The molecular formula is C42H49N5O5. The minimum Gasteiger partial charge on any atom is -0.449 e. The average molecular weight is 704 g/mol. The van der Waals surface area contributed by atoms with Crippen molar-refractivity contribution in [2.75, 3.05) is 43.1 Å². The van der Waals surface area contributed by atoms with Crippen LogP contribution in [0.3, 0.4) is 0 Å². The standard InChI is InChI=1S/C42H49N5O5/c43-23-10-9-22-38(40(48)44-31-16-13-17-32(26-31)47-24-11-2-12-25-47)45-41(49)39(29-51-27-30-14-3-1-4-15-30)46-42(50)52-28-37-35-20-7-5-18-33(35)34-19-6-8-21-36(34)37/h1,3-8,13-21,26,37-39H,2,9-12,22-25,27-29,43H2,(H,44,48)(H,45,49)(H,46,50)/t38-,39-/m0/s1. The number of nitrogens with two attached hydrogens (primary N) is 1. The van der Waals surface area contributed by atoms with Gasteiger partial charge in [-0.15, -0.1) is 0 Å². The molecule has 10 nitrogen and oxygen atoms in total. The summed E-state index contributed by atoms with van der Waals surface area (Å²) in [6, 6.07) is 31.6. The Balaban J connectivity index is 1.13. The fourth-order valence-electron chi connectivity index (χ4n) is 7.03. The number of carbonyl (C=O) groups is 3. The van der Waals surface area contributed by atoms with Crippen LogP contribution < -0.4 is 26.6 Å². The molecule has 0 spiro atoms. The quantitative estimate of drug-likeness (QED) is 0.0999. The van der Waals surface area contributed by atoms with E-state index in [1.54, 1.807) is 0 Å². The van der Waals surface area contributed by atoms with Gasteiger partial charge in [-0.1, -0.05) is 84.9 Å². The summed E-state index contributed by atoms with van der Waals surface area (Å²) in [5.74, 6) is -1.02. The molecule has 1 aliphatic heterocycles. The van der Waals surface area contributed by atoms with Crippen LogP contribution in [0.5, 0.6) is 0 Å². The van der Waals surface area contributed by atoms with Crippen LogP contribution in [0.1, 0.15) is 61.1 Å². The van der Waals surface area contributed by atoms with Crippen LogP contribution in [0.25, 0.3) is 11.1 Å². The van der Waals surface area contributed by atoms with Gasteiger partial charge in [0.05, 0.1) is 13.2 Å². The van der Waals surface area contributed by atoms with E-state index in [1.807, 2.05) is 72.8 Å². The summed E-state index contributed by atoms with van der Waals surface area (Å²) in [5.41, 5.74) is 12.8. The van der Waals surface area contributed by atoms with Gasteiger partial charge in [-0.05, 0) is 91.1 Å². The number of benzene rings is 4. The minimum absolute atomic E-state index is 0.0969. The summed E-state index contributed by atoms with van der Waals surface area (Å²) < 4.78 is 11.7. The Labute approximate surface area is 306 Å². The second-order valence-corrected chi connectivity index (χ2v) is 13.5. The Morgan fingerprint density at radius 1 is 0.750 bits per heavy atom. The predicted octanol–water partition coefficient (Wildman–Crippen LogP) is 6.35. The van der Waals surface area contributed by atoms with E-state index in [1.165, 1.54) is 6.42 Å². The van der Waals surface area contributed by atoms with Crippen LogP contribution >= 0.6 is 0 Å². The van der Waals surface area contributed by atoms with Gasteiger partial charge in [-0.3, -0.25) is 9.59 Å². The Bertz CT molecular complexity index is 1750. The molecule has 10 heteroatoms. The zero-order valence-corrected chi connectivity index (χ0v) is 29.6. The summed E-state index contributed by atoms with van der Waals surface area (Å²) in [6.45, 7) is 2.66. The Kier molecular flexibility index (Phi) is 12.9. The summed E-state index contributed by atoms with van der Waals surface area (Å²) in [7, 11) is 0. The predicted molar refractivity (Wildman–Crippen MR) is 204 cm³/mol. The second kappa shape index (κ2) is 18.3. The third-order valence-electron chi connectivity index (χ3n) is 9.76. The largest absolute Gasteiger partial charge is 0.449 e. The third-order valence-corrected chi connectivity index (χ3v) is 9.76. The number of hydrogen-bond donors (Lipinski definition) is 4. The van der Waals surface area contributed by atoms with Gasteiger partial charge in [-0.2, -0.15) is 0 Å². The average Bonchev–Trinajstić information content (AvgIpc) is 3.50. The lowest BCUT2D eigenvalue weighted by Crippen LogP contribution is -2.54. The maximum atomic E-state index is 13.9. The van der Waals surface area contributed by atoms with Gasteiger partial charge in [-0.25, -0.2) is 4.79 Å². The summed E-state index contributed by atoms with van der Waals surface area (Å²) in [6.07, 6.45) is 4.49. The number of unbranched alkanes of at least 4 members (excludes halogenated alkanes) is 1. The van der Waals surface area contributed by atoms with Gasteiger partial charge in [0.1, 0.15) is 18.7 Å². The number of nitrogens with one attached hydrogen (secondary N) is 3. The van der Waals surface area contributed by atoms with Crippen molar-refractivity contribution in [2.45, 2.75) is 63.1 Å². The molecule has 4 aromatic rings. The van der Waals surface area contributed by atoms with Crippen LogP contribution in [0.2, 0.25) is 0 Å². The highest BCUT2D eigenvalue weighted by molar-refractivity contribution is 5.98. The first-order valence-corrected chi connectivity index (χ1v) is 18.4. The van der Waals surface area contributed by atoms with Crippen LogP contribution in [0.4, 0.5) is 16.2 Å². The number of anilines is 2. The number of hydrogen-bond acceptors (Lipinski definition) is 7. The zero-order valence-electron chi connectivity index (χ0n) is 29.6. The number of alkyl carbamates (subject to hydrolysis) is 1. The number of amides is 3. The number of nitrogens with zero attached hydrogens (tertiary/aromatic N) is 1. The van der Waals surface area contributed by atoms with Gasteiger partial charge in [0.15, 0.2) is 0 Å². The van der Waals surface area contributed by atoms with Crippen LogP contribution in [-0.4, -0.2) is 62.8 Å². The fraction of sp³-hybridized carbons (Fsp3) is 0.357. The molecule has 2 atom stereocenters. The van der Waals surface area contributed by atoms with E-state index in [-0.39, 0.29) is 31.6 Å². The molecular weight excluding hydrogens is 654 g/mol. The highest BCUT2D eigenvalue weighted by Crippen LogP contribution is 2.44. The molecule has 0 saturated carbocycles. The number of piperidine rings is 1. The molecule has 3 amide bonds. The molecule has 6 rings (SSSR count). The van der Waals surface area contributed by atoms with Crippen molar-refractivity contribution in [2.24, 2.45) is 5.73 Å². The van der Waals surface area contributed by atoms with Crippen LogP contribution in [-0.2, 0) is 25.7 Å². The van der Waals surface area contributed by atoms with Gasteiger partial charge < -0.3 is 36.1 Å². The van der Waals surface area contributed by atoms with Crippen LogP contribution in [0, 0.1) is 0 Å².